The van der Waals surface area contributed by atoms with Gasteiger partial charge in [-0.15, -0.1) is 11.3 Å². The Hall–Kier alpha value is -1.24. The lowest BCUT2D eigenvalue weighted by Gasteiger charge is -2.05. The van der Waals surface area contributed by atoms with E-state index in [1.165, 1.54) is 17.0 Å². The zero-order valence-corrected chi connectivity index (χ0v) is 12.9. The molecule has 6 heteroatoms. The van der Waals surface area contributed by atoms with Crippen LogP contribution in [-0.4, -0.2) is 17.6 Å². The molecule has 0 saturated carbocycles. The third-order valence-electron chi connectivity index (χ3n) is 2.77. The number of halogens is 2. The molecule has 20 heavy (non-hydrogen) atoms. The number of carbonyl (C=O) groups is 1. The van der Waals surface area contributed by atoms with E-state index >= 15 is 0 Å². The van der Waals surface area contributed by atoms with Crippen molar-refractivity contribution in [1.29, 1.82) is 0 Å². The average Bonchev–Trinajstić information content (AvgIpc) is 2.80. The number of thiophene rings is 1. The minimum atomic E-state index is -1.25. The average molecular weight is 358 g/mol. The predicted octanol–water partition coefficient (Wildman–Crippen LogP) is 3.68. The van der Waals surface area contributed by atoms with Crippen molar-refractivity contribution in [2.75, 3.05) is 6.54 Å². The molecular formula is C14H13BrFNO2S. The second-order valence-corrected chi connectivity index (χ2v) is 6.80. The van der Waals surface area contributed by atoms with Gasteiger partial charge in [-0.3, -0.25) is 0 Å². The molecule has 0 fully saturated rings. The lowest BCUT2D eigenvalue weighted by atomic mass is 10.1. The van der Waals surface area contributed by atoms with E-state index in [0.29, 0.717) is 6.54 Å². The van der Waals surface area contributed by atoms with E-state index in [1.54, 1.807) is 17.4 Å². The van der Waals surface area contributed by atoms with E-state index in [0.717, 1.165) is 22.3 Å². The van der Waals surface area contributed by atoms with Gasteiger partial charge in [0.15, 0.2) is 0 Å². The summed E-state index contributed by atoms with van der Waals surface area (Å²) < 4.78 is 14.6. The maximum absolute atomic E-state index is 13.5. The molecule has 2 rings (SSSR count). The molecule has 106 valence electrons. The molecule has 0 aliphatic rings. The molecular weight excluding hydrogens is 345 g/mol. The Bertz CT molecular complexity index is 615. The molecule has 0 radical (unpaired) electrons. The number of hydrogen-bond donors (Lipinski definition) is 2. The third kappa shape index (κ3) is 4.13. The highest BCUT2D eigenvalue weighted by atomic mass is 79.9. The topological polar surface area (TPSA) is 49.3 Å². The summed E-state index contributed by atoms with van der Waals surface area (Å²) >= 11 is 5.11. The molecule has 0 aliphatic carbocycles. The summed E-state index contributed by atoms with van der Waals surface area (Å²) in [5, 5.41) is 12.0. The molecule has 1 heterocycles. The van der Waals surface area contributed by atoms with Crippen LogP contribution in [0, 0.1) is 5.82 Å². The molecule has 2 N–H and O–H groups in total. The fourth-order valence-electron chi connectivity index (χ4n) is 1.77. The van der Waals surface area contributed by atoms with Crippen molar-refractivity contribution in [3.8, 4) is 0 Å². The third-order valence-corrected chi connectivity index (χ3v) is 4.45. The van der Waals surface area contributed by atoms with Crippen LogP contribution in [0.5, 0.6) is 0 Å². The van der Waals surface area contributed by atoms with Crippen molar-refractivity contribution in [1.82, 2.24) is 5.32 Å². The van der Waals surface area contributed by atoms with Crippen LogP contribution in [0.15, 0.2) is 34.1 Å². The number of hydrogen-bond acceptors (Lipinski definition) is 3. The minimum absolute atomic E-state index is 0.294. The Kier molecular flexibility index (Phi) is 5.28. The van der Waals surface area contributed by atoms with Crippen molar-refractivity contribution >= 4 is 33.2 Å². The van der Waals surface area contributed by atoms with Crippen LogP contribution in [0.3, 0.4) is 0 Å². The number of aromatic carboxylic acids is 1. The van der Waals surface area contributed by atoms with Gasteiger partial charge in [-0.1, -0.05) is 6.07 Å². The van der Waals surface area contributed by atoms with Crippen LogP contribution in [0.4, 0.5) is 4.39 Å². The Morgan fingerprint density at radius 1 is 1.35 bits per heavy atom. The second-order valence-electron chi connectivity index (χ2n) is 4.25. The van der Waals surface area contributed by atoms with Crippen LogP contribution in [0.1, 0.15) is 20.8 Å². The van der Waals surface area contributed by atoms with Gasteiger partial charge in [0.05, 0.1) is 9.35 Å². The van der Waals surface area contributed by atoms with Crippen molar-refractivity contribution in [3.63, 3.8) is 0 Å². The second kappa shape index (κ2) is 6.97. The van der Waals surface area contributed by atoms with Crippen molar-refractivity contribution < 1.29 is 14.3 Å². The monoisotopic (exact) mass is 357 g/mol. The first kappa shape index (κ1) is 15.2. The van der Waals surface area contributed by atoms with Gasteiger partial charge in [0.1, 0.15) is 5.82 Å². The van der Waals surface area contributed by atoms with Crippen molar-refractivity contribution in [2.24, 2.45) is 0 Å². The number of carboxylic acid groups (broad SMARTS) is 1. The maximum atomic E-state index is 13.5. The lowest BCUT2D eigenvalue weighted by molar-refractivity contribution is 0.0692. The molecule has 0 unspecified atom stereocenters. The molecule has 0 amide bonds. The summed E-state index contributed by atoms with van der Waals surface area (Å²) in [6.07, 6.45) is 0.909. The molecule has 0 bridgehead atoms. The van der Waals surface area contributed by atoms with Gasteiger partial charge in [-0.05, 0) is 52.2 Å². The van der Waals surface area contributed by atoms with Crippen molar-refractivity contribution in [2.45, 2.75) is 13.0 Å². The molecule has 0 aliphatic heterocycles. The molecule has 2 aromatic rings. The fraction of sp³-hybridized carbons (Fsp3) is 0.214. The molecule has 1 aromatic carbocycles. The highest BCUT2D eigenvalue weighted by molar-refractivity contribution is 9.11. The van der Waals surface area contributed by atoms with Crippen LogP contribution in [-0.2, 0) is 13.0 Å². The Morgan fingerprint density at radius 2 is 2.15 bits per heavy atom. The normalized spacial score (nSPS) is 10.7. The SMILES string of the molecule is O=C(O)c1ccc(CNCCc2ccc(Br)s2)cc1F. The van der Waals surface area contributed by atoms with Crippen LogP contribution >= 0.6 is 27.3 Å². The van der Waals surface area contributed by atoms with Gasteiger partial charge in [0.25, 0.3) is 0 Å². The zero-order valence-electron chi connectivity index (χ0n) is 10.5. The maximum Gasteiger partial charge on any atom is 0.338 e. The summed E-state index contributed by atoms with van der Waals surface area (Å²) in [5.41, 5.74) is 0.442. The lowest BCUT2D eigenvalue weighted by Crippen LogP contribution is -2.16. The summed E-state index contributed by atoms with van der Waals surface area (Å²) in [4.78, 5) is 12.0. The van der Waals surface area contributed by atoms with Gasteiger partial charge < -0.3 is 10.4 Å². The van der Waals surface area contributed by atoms with Crippen LogP contribution in [0.25, 0.3) is 0 Å². The first-order valence-electron chi connectivity index (χ1n) is 6.03. The number of carboxylic acids is 1. The Labute approximate surface area is 128 Å². The van der Waals surface area contributed by atoms with E-state index < -0.39 is 11.8 Å². The largest absolute Gasteiger partial charge is 0.478 e. The first-order chi connectivity index (χ1) is 9.56. The summed E-state index contributed by atoms with van der Waals surface area (Å²) in [5.74, 6) is -1.94. The first-order valence-corrected chi connectivity index (χ1v) is 7.64. The smallest absolute Gasteiger partial charge is 0.338 e. The van der Waals surface area contributed by atoms with Gasteiger partial charge in [0, 0.05) is 18.0 Å². The van der Waals surface area contributed by atoms with Crippen molar-refractivity contribution in [3.05, 3.63) is 55.9 Å². The Balaban J connectivity index is 1.82. The van der Waals surface area contributed by atoms with E-state index in [4.69, 9.17) is 5.11 Å². The molecule has 0 saturated heterocycles. The van der Waals surface area contributed by atoms with E-state index in [2.05, 4.69) is 27.3 Å². The van der Waals surface area contributed by atoms with E-state index in [1.807, 2.05) is 6.07 Å². The van der Waals surface area contributed by atoms with Gasteiger partial charge in [0.2, 0.25) is 0 Å². The summed E-state index contributed by atoms with van der Waals surface area (Å²) in [6.45, 7) is 1.30. The molecule has 1 aromatic heterocycles. The summed E-state index contributed by atoms with van der Waals surface area (Å²) in [7, 11) is 0. The van der Waals surface area contributed by atoms with Gasteiger partial charge >= 0.3 is 5.97 Å². The van der Waals surface area contributed by atoms with Gasteiger partial charge in [-0.25, -0.2) is 9.18 Å². The molecule has 3 nitrogen and oxygen atoms in total. The zero-order chi connectivity index (χ0) is 14.5. The van der Waals surface area contributed by atoms with Gasteiger partial charge in [-0.2, -0.15) is 0 Å². The molecule has 0 spiro atoms. The summed E-state index contributed by atoms with van der Waals surface area (Å²) in [6, 6.07) is 8.27. The molecule has 0 atom stereocenters. The minimum Gasteiger partial charge on any atom is -0.478 e. The highest BCUT2D eigenvalue weighted by Crippen LogP contribution is 2.22. The Morgan fingerprint density at radius 3 is 2.75 bits per heavy atom. The predicted molar refractivity (Wildman–Crippen MR) is 80.8 cm³/mol. The standard InChI is InChI=1S/C14H13BrFNO2S/c15-13-4-2-10(20-13)5-6-17-8-9-1-3-11(14(18)19)12(16)7-9/h1-4,7,17H,5-6,8H2,(H,18,19). The van der Waals surface area contributed by atoms with Crippen LogP contribution in [0.2, 0.25) is 0 Å². The fourth-order valence-corrected chi connectivity index (χ4v) is 3.26. The van der Waals surface area contributed by atoms with E-state index in [-0.39, 0.29) is 5.56 Å². The van der Waals surface area contributed by atoms with Crippen LogP contribution < -0.4 is 5.32 Å². The number of rotatable bonds is 6. The quantitative estimate of drug-likeness (QED) is 0.775. The highest BCUT2D eigenvalue weighted by Gasteiger charge is 2.09. The number of benzene rings is 1. The number of nitrogens with one attached hydrogen (secondary N) is 1. The van der Waals surface area contributed by atoms with E-state index in [9.17, 15) is 9.18 Å².